The van der Waals surface area contributed by atoms with E-state index >= 15 is 0 Å². The van der Waals surface area contributed by atoms with Gasteiger partial charge in [-0.2, -0.15) is 0 Å². The van der Waals surface area contributed by atoms with Gasteiger partial charge in [0, 0.05) is 11.1 Å². The molecule has 0 aliphatic heterocycles. The SMILES string of the molecule is Nc1cc(Cl)cc(S(=O)(=O)NC2CCC2)c1F. The van der Waals surface area contributed by atoms with Crippen LogP contribution in [0.1, 0.15) is 19.3 Å². The van der Waals surface area contributed by atoms with Gasteiger partial charge in [0.1, 0.15) is 4.90 Å². The van der Waals surface area contributed by atoms with Crippen molar-refractivity contribution in [3.8, 4) is 0 Å². The molecule has 2 rings (SSSR count). The highest BCUT2D eigenvalue weighted by molar-refractivity contribution is 7.89. The van der Waals surface area contributed by atoms with Crippen molar-refractivity contribution in [3.05, 3.63) is 23.0 Å². The second-order valence-electron chi connectivity index (χ2n) is 4.06. The van der Waals surface area contributed by atoms with Crippen LogP contribution in [-0.2, 0) is 10.0 Å². The Bertz CT molecular complexity index is 543. The zero-order chi connectivity index (χ0) is 12.6. The number of nitrogens with one attached hydrogen (secondary N) is 1. The van der Waals surface area contributed by atoms with Crippen molar-refractivity contribution in [2.45, 2.75) is 30.2 Å². The summed E-state index contributed by atoms with van der Waals surface area (Å²) in [6, 6.07) is 2.13. The maximum absolute atomic E-state index is 13.6. The van der Waals surface area contributed by atoms with E-state index in [-0.39, 0.29) is 16.8 Å². The predicted octanol–water partition coefficient (Wildman–Crippen LogP) is 1.89. The van der Waals surface area contributed by atoms with E-state index in [4.69, 9.17) is 17.3 Å². The lowest BCUT2D eigenvalue weighted by molar-refractivity contribution is 0.383. The van der Waals surface area contributed by atoms with Crippen molar-refractivity contribution in [1.29, 1.82) is 0 Å². The number of anilines is 1. The molecule has 1 saturated carbocycles. The van der Waals surface area contributed by atoms with E-state index in [0.29, 0.717) is 0 Å². The first kappa shape index (κ1) is 12.6. The summed E-state index contributed by atoms with van der Waals surface area (Å²) in [5.74, 6) is -0.957. The van der Waals surface area contributed by atoms with E-state index in [2.05, 4.69) is 4.72 Å². The summed E-state index contributed by atoms with van der Waals surface area (Å²) in [4.78, 5) is -0.491. The Morgan fingerprint density at radius 3 is 2.59 bits per heavy atom. The monoisotopic (exact) mass is 278 g/mol. The minimum absolute atomic E-state index is 0.0953. The molecule has 1 aromatic carbocycles. The second kappa shape index (κ2) is 4.44. The standard InChI is InChI=1S/C10H12ClFN2O2S/c11-6-4-8(13)10(12)9(5-6)17(15,16)14-7-2-1-3-7/h4-5,7,14H,1-3,13H2. The normalized spacial score (nSPS) is 16.8. The summed E-state index contributed by atoms with van der Waals surface area (Å²) in [5.41, 5.74) is 5.07. The molecule has 1 aromatic rings. The molecule has 4 nitrogen and oxygen atoms in total. The highest BCUT2D eigenvalue weighted by Crippen LogP contribution is 2.27. The van der Waals surface area contributed by atoms with Crippen LogP contribution >= 0.6 is 11.6 Å². The van der Waals surface area contributed by atoms with Crippen molar-refractivity contribution in [1.82, 2.24) is 4.72 Å². The number of halogens is 2. The molecule has 0 spiro atoms. The topological polar surface area (TPSA) is 72.2 Å². The van der Waals surface area contributed by atoms with E-state index in [1.807, 2.05) is 0 Å². The van der Waals surface area contributed by atoms with E-state index in [1.165, 1.54) is 6.07 Å². The van der Waals surface area contributed by atoms with Gasteiger partial charge in [-0.1, -0.05) is 18.0 Å². The quantitative estimate of drug-likeness (QED) is 0.830. The van der Waals surface area contributed by atoms with Gasteiger partial charge in [0.2, 0.25) is 10.0 Å². The van der Waals surface area contributed by atoms with Gasteiger partial charge in [0.15, 0.2) is 5.82 Å². The lowest BCUT2D eigenvalue weighted by atomic mass is 9.94. The van der Waals surface area contributed by atoms with Crippen LogP contribution in [0.25, 0.3) is 0 Å². The third kappa shape index (κ3) is 2.53. The minimum Gasteiger partial charge on any atom is -0.396 e. The molecule has 1 aliphatic rings. The summed E-state index contributed by atoms with van der Waals surface area (Å²) in [6.07, 6.45) is 2.53. The van der Waals surface area contributed by atoms with Crippen LogP contribution in [0.15, 0.2) is 17.0 Å². The van der Waals surface area contributed by atoms with E-state index in [9.17, 15) is 12.8 Å². The van der Waals surface area contributed by atoms with Crippen LogP contribution < -0.4 is 10.5 Å². The molecule has 0 radical (unpaired) electrons. The Balaban J connectivity index is 2.38. The minimum atomic E-state index is -3.89. The Morgan fingerprint density at radius 2 is 2.06 bits per heavy atom. The zero-order valence-electron chi connectivity index (χ0n) is 8.91. The smallest absolute Gasteiger partial charge is 0.243 e. The number of sulfonamides is 1. The van der Waals surface area contributed by atoms with Gasteiger partial charge in [0.25, 0.3) is 0 Å². The van der Waals surface area contributed by atoms with E-state index < -0.39 is 20.7 Å². The maximum atomic E-state index is 13.6. The molecule has 0 heterocycles. The Hall–Kier alpha value is -0.850. The first-order valence-corrected chi connectivity index (χ1v) is 7.03. The fourth-order valence-corrected chi connectivity index (χ4v) is 3.32. The maximum Gasteiger partial charge on any atom is 0.243 e. The van der Waals surface area contributed by atoms with Gasteiger partial charge in [-0.3, -0.25) is 0 Å². The summed E-state index contributed by atoms with van der Waals surface area (Å²) in [5, 5.41) is 0.0953. The van der Waals surface area contributed by atoms with Crippen molar-refractivity contribution >= 4 is 27.3 Å². The van der Waals surface area contributed by atoms with Crippen LogP contribution in [0, 0.1) is 5.82 Å². The number of rotatable bonds is 3. The Morgan fingerprint density at radius 1 is 1.41 bits per heavy atom. The number of nitrogen functional groups attached to an aromatic ring is 1. The molecule has 3 N–H and O–H groups in total. The molecule has 0 aromatic heterocycles. The van der Waals surface area contributed by atoms with Crippen LogP contribution in [-0.4, -0.2) is 14.5 Å². The number of benzene rings is 1. The number of hydrogen-bond acceptors (Lipinski definition) is 3. The van der Waals surface area contributed by atoms with E-state index in [0.717, 1.165) is 25.3 Å². The molecule has 0 bridgehead atoms. The van der Waals surface area contributed by atoms with Crippen molar-refractivity contribution < 1.29 is 12.8 Å². The molecular formula is C10H12ClFN2O2S. The lowest BCUT2D eigenvalue weighted by Gasteiger charge is -2.26. The van der Waals surface area contributed by atoms with Crippen LogP contribution in [0.3, 0.4) is 0 Å². The molecule has 7 heteroatoms. The zero-order valence-corrected chi connectivity index (χ0v) is 10.5. The molecule has 17 heavy (non-hydrogen) atoms. The first-order chi connectivity index (χ1) is 7.90. The van der Waals surface area contributed by atoms with E-state index in [1.54, 1.807) is 0 Å². The van der Waals surface area contributed by atoms with Gasteiger partial charge in [-0.15, -0.1) is 0 Å². The molecular weight excluding hydrogens is 267 g/mol. The van der Waals surface area contributed by atoms with Gasteiger partial charge in [-0.05, 0) is 25.0 Å². The third-order valence-electron chi connectivity index (χ3n) is 2.75. The number of nitrogens with two attached hydrogens (primary N) is 1. The molecule has 0 unspecified atom stereocenters. The van der Waals surface area contributed by atoms with Gasteiger partial charge in [-0.25, -0.2) is 17.5 Å². The van der Waals surface area contributed by atoms with Crippen molar-refractivity contribution in [3.63, 3.8) is 0 Å². The first-order valence-electron chi connectivity index (χ1n) is 5.17. The van der Waals surface area contributed by atoms with Crippen LogP contribution in [0.5, 0.6) is 0 Å². The fraction of sp³-hybridized carbons (Fsp3) is 0.400. The van der Waals surface area contributed by atoms with Gasteiger partial charge in [0.05, 0.1) is 5.69 Å². The molecule has 0 amide bonds. The fourth-order valence-electron chi connectivity index (χ4n) is 1.59. The molecule has 1 aliphatic carbocycles. The average Bonchev–Trinajstić information content (AvgIpc) is 2.17. The second-order valence-corrected chi connectivity index (χ2v) is 6.18. The summed E-state index contributed by atoms with van der Waals surface area (Å²) < 4.78 is 39.9. The van der Waals surface area contributed by atoms with Crippen LogP contribution in [0.4, 0.5) is 10.1 Å². The Labute approximate surface area is 104 Å². The summed E-state index contributed by atoms with van der Waals surface area (Å²) in [7, 11) is -3.89. The highest BCUT2D eigenvalue weighted by Gasteiger charge is 2.27. The lowest BCUT2D eigenvalue weighted by Crippen LogP contribution is -2.39. The Kier molecular flexibility index (Phi) is 3.29. The molecule has 0 atom stereocenters. The molecule has 1 fully saturated rings. The summed E-state index contributed by atoms with van der Waals surface area (Å²) in [6.45, 7) is 0. The van der Waals surface area contributed by atoms with Crippen molar-refractivity contribution in [2.75, 3.05) is 5.73 Å². The van der Waals surface area contributed by atoms with Gasteiger partial charge < -0.3 is 5.73 Å². The third-order valence-corrected chi connectivity index (χ3v) is 4.49. The predicted molar refractivity (Wildman–Crippen MR) is 63.8 cm³/mol. The van der Waals surface area contributed by atoms with Crippen LogP contribution in [0.2, 0.25) is 5.02 Å². The molecule has 0 saturated heterocycles. The average molecular weight is 279 g/mol. The van der Waals surface area contributed by atoms with Gasteiger partial charge >= 0.3 is 0 Å². The number of hydrogen-bond donors (Lipinski definition) is 2. The highest BCUT2D eigenvalue weighted by atomic mass is 35.5. The molecule has 94 valence electrons. The van der Waals surface area contributed by atoms with Crippen molar-refractivity contribution in [2.24, 2.45) is 0 Å². The summed E-state index contributed by atoms with van der Waals surface area (Å²) >= 11 is 5.67. The largest absolute Gasteiger partial charge is 0.396 e.